The molecular formula is C13H17F3N2O2. The Bertz CT molecular complexity index is 485. The number of nitrogens with zero attached hydrogens (tertiary/aromatic N) is 1. The molecule has 0 aliphatic carbocycles. The van der Waals surface area contributed by atoms with Gasteiger partial charge in [0, 0.05) is 24.7 Å². The Labute approximate surface area is 115 Å². The SMILES string of the molecule is CC1CN(c2cc(OC(F)F)c(F)cc2N)C(C)CO1. The third-order valence-electron chi connectivity index (χ3n) is 3.21. The minimum Gasteiger partial charge on any atom is -0.432 e. The van der Waals surface area contributed by atoms with Gasteiger partial charge in [-0.1, -0.05) is 0 Å². The summed E-state index contributed by atoms with van der Waals surface area (Å²) in [5, 5.41) is 0. The van der Waals surface area contributed by atoms with Gasteiger partial charge in [0.25, 0.3) is 0 Å². The molecule has 0 spiro atoms. The highest BCUT2D eigenvalue weighted by Crippen LogP contribution is 2.34. The Kier molecular flexibility index (Phi) is 4.27. The van der Waals surface area contributed by atoms with E-state index >= 15 is 0 Å². The molecule has 0 radical (unpaired) electrons. The number of hydrogen-bond donors (Lipinski definition) is 1. The molecule has 4 nitrogen and oxygen atoms in total. The summed E-state index contributed by atoms with van der Waals surface area (Å²) < 4.78 is 47.7. The van der Waals surface area contributed by atoms with Crippen LogP contribution in [0.1, 0.15) is 13.8 Å². The van der Waals surface area contributed by atoms with E-state index in [2.05, 4.69) is 4.74 Å². The molecule has 20 heavy (non-hydrogen) atoms. The molecule has 0 amide bonds. The smallest absolute Gasteiger partial charge is 0.387 e. The number of anilines is 2. The number of rotatable bonds is 3. The zero-order chi connectivity index (χ0) is 14.9. The van der Waals surface area contributed by atoms with Crippen molar-refractivity contribution in [3.05, 3.63) is 17.9 Å². The molecule has 1 aliphatic rings. The Morgan fingerprint density at radius 3 is 2.75 bits per heavy atom. The van der Waals surface area contributed by atoms with Crippen LogP contribution in [0.4, 0.5) is 24.5 Å². The minimum atomic E-state index is -3.08. The molecule has 2 unspecified atom stereocenters. The summed E-state index contributed by atoms with van der Waals surface area (Å²) >= 11 is 0. The Morgan fingerprint density at radius 2 is 2.10 bits per heavy atom. The lowest BCUT2D eigenvalue weighted by molar-refractivity contribution is -0.0521. The Balaban J connectivity index is 2.34. The van der Waals surface area contributed by atoms with Crippen LogP contribution in [0.15, 0.2) is 12.1 Å². The van der Waals surface area contributed by atoms with Gasteiger partial charge in [0.1, 0.15) is 0 Å². The van der Waals surface area contributed by atoms with E-state index < -0.39 is 18.2 Å². The third-order valence-corrected chi connectivity index (χ3v) is 3.21. The molecule has 0 aromatic heterocycles. The van der Waals surface area contributed by atoms with Crippen molar-refractivity contribution in [2.45, 2.75) is 32.6 Å². The van der Waals surface area contributed by atoms with Crippen molar-refractivity contribution >= 4 is 11.4 Å². The first-order valence-corrected chi connectivity index (χ1v) is 6.30. The first-order chi connectivity index (χ1) is 9.38. The minimum absolute atomic E-state index is 0.0124. The topological polar surface area (TPSA) is 47.7 Å². The van der Waals surface area contributed by atoms with Crippen molar-refractivity contribution in [1.82, 2.24) is 0 Å². The van der Waals surface area contributed by atoms with Gasteiger partial charge < -0.3 is 20.1 Å². The Morgan fingerprint density at radius 1 is 1.40 bits per heavy atom. The lowest BCUT2D eigenvalue weighted by Crippen LogP contribution is -2.47. The van der Waals surface area contributed by atoms with E-state index in [-0.39, 0.29) is 17.8 Å². The molecule has 2 rings (SSSR count). The summed E-state index contributed by atoms with van der Waals surface area (Å²) in [6.45, 7) is 1.77. The maximum Gasteiger partial charge on any atom is 0.387 e. The zero-order valence-corrected chi connectivity index (χ0v) is 11.3. The van der Waals surface area contributed by atoms with Crippen LogP contribution in [0, 0.1) is 5.82 Å². The number of ether oxygens (including phenoxy) is 2. The van der Waals surface area contributed by atoms with Crippen molar-refractivity contribution in [2.75, 3.05) is 23.8 Å². The highest BCUT2D eigenvalue weighted by Gasteiger charge is 2.26. The van der Waals surface area contributed by atoms with Gasteiger partial charge in [0.2, 0.25) is 0 Å². The molecule has 1 aromatic carbocycles. The van der Waals surface area contributed by atoms with Gasteiger partial charge in [-0.05, 0) is 13.8 Å². The van der Waals surface area contributed by atoms with E-state index in [1.165, 1.54) is 6.07 Å². The van der Waals surface area contributed by atoms with E-state index in [9.17, 15) is 13.2 Å². The van der Waals surface area contributed by atoms with Crippen LogP contribution in [0.5, 0.6) is 5.75 Å². The summed E-state index contributed by atoms with van der Waals surface area (Å²) in [7, 11) is 0. The predicted molar refractivity (Wildman–Crippen MR) is 69.7 cm³/mol. The van der Waals surface area contributed by atoms with Crippen molar-refractivity contribution < 1.29 is 22.6 Å². The summed E-state index contributed by atoms with van der Waals surface area (Å²) in [6.07, 6.45) is -0.0184. The van der Waals surface area contributed by atoms with Gasteiger partial charge in [0.05, 0.1) is 24.1 Å². The lowest BCUT2D eigenvalue weighted by Gasteiger charge is -2.39. The first kappa shape index (κ1) is 14.8. The van der Waals surface area contributed by atoms with E-state index in [0.29, 0.717) is 18.8 Å². The van der Waals surface area contributed by atoms with Crippen LogP contribution in [0.3, 0.4) is 0 Å². The monoisotopic (exact) mass is 290 g/mol. The van der Waals surface area contributed by atoms with Crippen molar-refractivity contribution in [1.29, 1.82) is 0 Å². The van der Waals surface area contributed by atoms with E-state index in [1.807, 2.05) is 18.7 Å². The van der Waals surface area contributed by atoms with Gasteiger partial charge in [-0.2, -0.15) is 8.78 Å². The van der Waals surface area contributed by atoms with Gasteiger partial charge in [-0.25, -0.2) is 4.39 Å². The van der Waals surface area contributed by atoms with Crippen molar-refractivity contribution in [3.8, 4) is 5.75 Å². The molecule has 2 atom stereocenters. The maximum atomic E-state index is 13.6. The standard InChI is InChI=1S/C13H17F3N2O2/c1-7-6-19-8(2)5-18(7)11-4-12(20-13(15)16)9(14)3-10(11)17/h3-4,7-8,13H,5-6,17H2,1-2H3. The van der Waals surface area contributed by atoms with Crippen LogP contribution >= 0.6 is 0 Å². The van der Waals surface area contributed by atoms with Crippen LogP contribution in [-0.4, -0.2) is 31.9 Å². The number of nitrogen functional groups attached to an aromatic ring is 1. The maximum absolute atomic E-state index is 13.6. The third kappa shape index (κ3) is 3.09. The highest BCUT2D eigenvalue weighted by molar-refractivity contribution is 5.70. The molecule has 1 heterocycles. The fourth-order valence-electron chi connectivity index (χ4n) is 2.23. The summed E-state index contributed by atoms with van der Waals surface area (Å²) in [4.78, 5) is 1.90. The Hall–Kier alpha value is -1.63. The average molecular weight is 290 g/mol. The largest absolute Gasteiger partial charge is 0.432 e. The zero-order valence-electron chi connectivity index (χ0n) is 11.3. The fraction of sp³-hybridized carbons (Fsp3) is 0.538. The second-order valence-corrected chi connectivity index (χ2v) is 4.87. The second kappa shape index (κ2) is 5.78. The first-order valence-electron chi connectivity index (χ1n) is 6.30. The summed E-state index contributed by atoms with van der Waals surface area (Å²) in [5.74, 6) is -1.41. The molecule has 2 N–H and O–H groups in total. The molecule has 1 fully saturated rings. The second-order valence-electron chi connectivity index (χ2n) is 4.87. The molecule has 112 valence electrons. The van der Waals surface area contributed by atoms with E-state index in [1.54, 1.807) is 0 Å². The van der Waals surface area contributed by atoms with Crippen LogP contribution in [-0.2, 0) is 4.74 Å². The van der Waals surface area contributed by atoms with Gasteiger partial charge >= 0.3 is 6.61 Å². The van der Waals surface area contributed by atoms with Crippen LogP contribution in [0.2, 0.25) is 0 Å². The summed E-state index contributed by atoms with van der Waals surface area (Å²) in [5.41, 5.74) is 6.46. The number of alkyl halides is 2. The average Bonchev–Trinajstić information content (AvgIpc) is 2.35. The molecule has 0 bridgehead atoms. The number of halogens is 3. The lowest BCUT2D eigenvalue weighted by atomic mass is 10.1. The summed E-state index contributed by atoms with van der Waals surface area (Å²) in [6, 6.07) is 2.23. The van der Waals surface area contributed by atoms with E-state index in [0.717, 1.165) is 6.07 Å². The molecule has 1 aromatic rings. The fourth-order valence-corrected chi connectivity index (χ4v) is 2.23. The molecular weight excluding hydrogens is 273 g/mol. The van der Waals surface area contributed by atoms with Crippen LogP contribution in [0.25, 0.3) is 0 Å². The van der Waals surface area contributed by atoms with E-state index in [4.69, 9.17) is 10.5 Å². The number of hydrogen-bond acceptors (Lipinski definition) is 4. The predicted octanol–water partition coefficient (Wildman–Crippen LogP) is 2.62. The number of benzene rings is 1. The highest BCUT2D eigenvalue weighted by atomic mass is 19.3. The molecule has 1 aliphatic heterocycles. The number of morpholine rings is 1. The van der Waals surface area contributed by atoms with Gasteiger partial charge in [0.15, 0.2) is 11.6 Å². The van der Waals surface area contributed by atoms with Gasteiger partial charge in [-0.3, -0.25) is 0 Å². The number of nitrogens with two attached hydrogens (primary N) is 1. The van der Waals surface area contributed by atoms with Crippen molar-refractivity contribution in [2.24, 2.45) is 0 Å². The molecule has 7 heteroatoms. The van der Waals surface area contributed by atoms with Crippen molar-refractivity contribution in [3.63, 3.8) is 0 Å². The molecule has 0 saturated carbocycles. The van der Waals surface area contributed by atoms with Crippen LogP contribution < -0.4 is 15.4 Å². The van der Waals surface area contributed by atoms with Gasteiger partial charge in [-0.15, -0.1) is 0 Å². The molecule has 1 saturated heterocycles. The quantitative estimate of drug-likeness (QED) is 0.869. The normalized spacial score (nSPS) is 23.2.